The lowest BCUT2D eigenvalue weighted by Gasteiger charge is -2.25. The van der Waals surface area contributed by atoms with Crippen molar-refractivity contribution in [3.05, 3.63) is 59.7 Å². The van der Waals surface area contributed by atoms with Crippen LogP contribution in [0.5, 0.6) is 0 Å². The van der Waals surface area contributed by atoms with Crippen molar-refractivity contribution in [3.8, 4) is 0 Å². The minimum Gasteiger partial charge on any atom is -0.342 e. The number of rotatable bonds is 4. The largest absolute Gasteiger partial charge is 0.342 e. The molecule has 0 amide bonds. The summed E-state index contributed by atoms with van der Waals surface area (Å²) in [6.45, 7) is 1.87. The zero-order valence-corrected chi connectivity index (χ0v) is 11.8. The molecule has 0 aliphatic carbocycles. The van der Waals surface area contributed by atoms with Crippen LogP contribution in [-0.2, 0) is 0 Å². The lowest BCUT2D eigenvalue weighted by atomic mass is 10.0. The molecule has 0 aromatic heterocycles. The van der Waals surface area contributed by atoms with Crippen molar-refractivity contribution in [3.63, 3.8) is 0 Å². The molecule has 2 aromatic rings. The minimum absolute atomic E-state index is 0.166. The Labute approximate surface area is 118 Å². The molecular weight excluding hydrogens is 258 g/mol. The normalized spacial score (nSPS) is 12.2. The van der Waals surface area contributed by atoms with Gasteiger partial charge in [-0.25, -0.2) is 8.78 Å². The molecule has 2 aromatic carbocycles. The number of hydrogen-bond donors (Lipinski definition) is 1. The Hall–Kier alpha value is -1.94. The molecule has 0 aliphatic heterocycles. The Balaban J connectivity index is 2.53. The van der Waals surface area contributed by atoms with Crippen molar-refractivity contribution in [1.82, 2.24) is 5.32 Å². The third-order valence-electron chi connectivity index (χ3n) is 3.47. The highest BCUT2D eigenvalue weighted by Gasteiger charge is 2.19. The number of halogens is 2. The number of benzene rings is 2. The molecule has 0 heterocycles. The van der Waals surface area contributed by atoms with E-state index in [2.05, 4.69) is 5.32 Å². The van der Waals surface area contributed by atoms with E-state index >= 15 is 0 Å². The first kappa shape index (κ1) is 14.5. The second kappa shape index (κ2) is 6.01. The van der Waals surface area contributed by atoms with E-state index in [9.17, 15) is 8.78 Å². The van der Waals surface area contributed by atoms with Crippen molar-refractivity contribution in [1.29, 1.82) is 0 Å². The first-order valence-electron chi connectivity index (χ1n) is 6.50. The highest BCUT2D eigenvalue weighted by molar-refractivity contribution is 5.67. The van der Waals surface area contributed by atoms with Crippen LogP contribution in [-0.4, -0.2) is 14.1 Å². The van der Waals surface area contributed by atoms with Crippen LogP contribution in [0.2, 0.25) is 0 Å². The van der Waals surface area contributed by atoms with Gasteiger partial charge in [0.05, 0.1) is 5.69 Å². The summed E-state index contributed by atoms with van der Waals surface area (Å²) >= 11 is 0. The molecule has 2 rings (SSSR count). The van der Waals surface area contributed by atoms with E-state index in [1.807, 2.05) is 6.92 Å². The number of para-hydroxylation sites is 1. The topological polar surface area (TPSA) is 15.3 Å². The zero-order valence-electron chi connectivity index (χ0n) is 11.8. The minimum atomic E-state index is -0.331. The van der Waals surface area contributed by atoms with Gasteiger partial charge in [-0.15, -0.1) is 0 Å². The SMILES string of the molecule is CNC(C)c1c(F)cccc1N(C)c1ccccc1F. The maximum atomic E-state index is 14.1. The van der Waals surface area contributed by atoms with Crippen LogP contribution in [0, 0.1) is 11.6 Å². The summed E-state index contributed by atoms with van der Waals surface area (Å²) in [7, 11) is 3.50. The number of nitrogens with zero attached hydrogens (tertiary/aromatic N) is 1. The fourth-order valence-electron chi connectivity index (χ4n) is 2.24. The molecule has 0 bridgehead atoms. The van der Waals surface area contributed by atoms with E-state index in [0.717, 1.165) is 0 Å². The summed E-state index contributed by atoms with van der Waals surface area (Å²) in [5.41, 5.74) is 1.60. The maximum Gasteiger partial charge on any atom is 0.146 e. The van der Waals surface area contributed by atoms with Gasteiger partial charge in [0.25, 0.3) is 0 Å². The first-order valence-corrected chi connectivity index (χ1v) is 6.50. The highest BCUT2D eigenvalue weighted by atomic mass is 19.1. The Morgan fingerprint density at radius 3 is 2.20 bits per heavy atom. The van der Waals surface area contributed by atoms with Crippen LogP contribution >= 0.6 is 0 Å². The Kier molecular flexibility index (Phi) is 4.35. The molecule has 2 nitrogen and oxygen atoms in total. The van der Waals surface area contributed by atoms with Crippen LogP contribution in [0.1, 0.15) is 18.5 Å². The van der Waals surface area contributed by atoms with Crippen molar-refractivity contribution < 1.29 is 8.78 Å². The molecule has 20 heavy (non-hydrogen) atoms. The van der Waals surface area contributed by atoms with Crippen molar-refractivity contribution >= 4 is 11.4 Å². The predicted molar refractivity (Wildman–Crippen MR) is 78.3 cm³/mol. The Morgan fingerprint density at radius 1 is 0.950 bits per heavy atom. The molecule has 0 saturated heterocycles. The fourth-order valence-corrected chi connectivity index (χ4v) is 2.24. The van der Waals surface area contributed by atoms with Gasteiger partial charge >= 0.3 is 0 Å². The lowest BCUT2D eigenvalue weighted by Crippen LogP contribution is -2.20. The van der Waals surface area contributed by atoms with Crippen LogP contribution in [0.3, 0.4) is 0 Å². The standard InChI is InChI=1S/C16H18F2N2/c1-11(19-2)16-13(18)8-6-10-15(16)20(3)14-9-5-4-7-12(14)17/h4-11,19H,1-3H3. The van der Waals surface area contributed by atoms with Gasteiger partial charge in [-0.1, -0.05) is 18.2 Å². The Bertz CT molecular complexity index is 599. The number of hydrogen-bond acceptors (Lipinski definition) is 2. The monoisotopic (exact) mass is 276 g/mol. The molecule has 0 spiro atoms. The molecule has 106 valence electrons. The predicted octanol–water partition coefficient (Wildman–Crippen LogP) is 4.01. The maximum absolute atomic E-state index is 14.1. The van der Waals surface area contributed by atoms with Gasteiger partial charge in [0.1, 0.15) is 11.6 Å². The highest BCUT2D eigenvalue weighted by Crippen LogP contribution is 2.33. The summed E-state index contributed by atoms with van der Waals surface area (Å²) in [4.78, 5) is 1.67. The smallest absolute Gasteiger partial charge is 0.146 e. The number of nitrogens with one attached hydrogen (secondary N) is 1. The summed E-state index contributed by atoms with van der Waals surface area (Å²) in [6.07, 6.45) is 0. The fraction of sp³-hybridized carbons (Fsp3) is 0.250. The van der Waals surface area contributed by atoms with Crippen molar-refractivity contribution in [2.24, 2.45) is 0 Å². The quantitative estimate of drug-likeness (QED) is 0.907. The van der Waals surface area contributed by atoms with Gasteiger partial charge in [0.15, 0.2) is 0 Å². The molecule has 1 N–H and O–H groups in total. The number of anilines is 2. The van der Waals surface area contributed by atoms with Crippen LogP contribution < -0.4 is 10.2 Å². The molecule has 0 radical (unpaired) electrons. The van der Waals surface area contributed by atoms with E-state index in [4.69, 9.17) is 0 Å². The third-order valence-corrected chi connectivity index (χ3v) is 3.47. The van der Waals surface area contributed by atoms with Crippen LogP contribution in [0.15, 0.2) is 42.5 Å². The second-order valence-electron chi connectivity index (χ2n) is 4.69. The van der Waals surface area contributed by atoms with Gasteiger partial charge in [-0.05, 0) is 38.2 Å². The molecule has 1 atom stereocenters. The Morgan fingerprint density at radius 2 is 1.55 bits per heavy atom. The van der Waals surface area contributed by atoms with E-state index in [1.54, 1.807) is 49.3 Å². The van der Waals surface area contributed by atoms with E-state index in [-0.39, 0.29) is 17.7 Å². The first-order chi connectivity index (χ1) is 9.56. The van der Waals surface area contributed by atoms with Gasteiger partial charge in [-0.3, -0.25) is 0 Å². The van der Waals surface area contributed by atoms with E-state index < -0.39 is 0 Å². The molecule has 0 saturated carbocycles. The molecule has 4 heteroatoms. The van der Waals surface area contributed by atoms with Crippen molar-refractivity contribution in [2.45, 2.75) is 13.0 Å². The van der Waals surface area contributed by atoms with Crippen molar-refractivity contribution in [2.75, 3.05) is 19.0 Å². The zero-order chi connectivity index (χ0) is 14.7. The van der Waals surface area contributed by atoms with Gasteiger partial charge in [-0.2, -0.15) is 0 Å². The third kappa shape index (κ3) is 2.65. The summed E-state index contributed by atoms with van der Waals surface area (Å²) in [5.74, 6) is -0.630. The summed E-state index contributed by atoms with van der Waals surface area (Å²) in [6, 6.07) is 11.1. The molecule has 0 fully saturated rings. The molecule has 0 aliphatic rings. The van der Waals surface area contributed by atoms with E-state index in [0.29, 0.717) is 16.9 Å². The van der Waals surface area contributed by atoms with E-state index in [1.165, 1.54) is 12.1 Å². The second-order valence-corrected chi connectivity index (χ2v) is 4.69. The lowest BCUT2D eigenvalue weighted by molar-refractivity contribution is 0.561. The van der Waals surface area contributed by atoms with Crippen LogP contribution in [0.4, 0.5) is 20.2 Å². The van der Waals surface area contributed by atoms with Gasteiger partial charge < -0.3 is 10.2 Å². The summed E-state index contributed by atoms with van der Waals surface area (Å²) in [5, 5.41) is 3.02. The average molecular weight is 276 g/mol. The molecular formula is C16H18F2N2. The average Bonchev–Trinajstić information content (AvgIpc) is 2.46. The summed E-state index contributed by atoms with van der Waals surface area (Å²) < 4.78 is 28.0. The van der Waals surface area contributed by atoms with Gasteiger partial charge in [0.2, 0.25) is 0 Å². The van der Waals surface area contributed by atoms with Gasteiger partial charge in [0, 0.05) is 24.3 Å². The van der Waals surface area contributed by atoms with Crippen LogP contribution in [0.25, 0.3) is 0 Å². The molecule has 1 unspecified atom stereocenters.